The number of carbonyl (C=O) groups excluding carboxylic acids is 1. The van der Waals surface area contributed by atoms with Gasteiger partial charge in [0.05, 0.1) is 6.04 Å². The molecule has 2 atom stereocenters. The number of hydrogen-bond donors (Lipinski definition) is 3. The Bertz CT molecular complexity index is 283. The van der Waals surface area contributed by atoms with Gasteiger partial charge in [-0.3, -0.25) is 4.79 Å². The van der Waals surface area contributed by atoms with Gasteiger partial charge in [0.25, 0.3) is 0 Å². The summed E-state index contributed by atoms with van der Waals surface area (Å²) in [5.74, 6) is -1.18. The zero-order valence-corrected chi connectivity index (χ0v) is 9.97. The molecule has 1 aliphatic rings. The quantitative estimate of drug-likeness (QED) is 0.546. The van der Waals surface area contributed by atoms with Crippen LogP contribution >= 0.6 is 0 Å². The summed E-state index contributed by atoms with van der Waals surface area (Å²) >= 11 is 0. The Balaban J connectivity index is 2.47. The van der Waals surface area contributed by atoms with Gasteiger partial charge >= 0.3 is 5.97 Å². The van der Waals surface area contributed by atoms with E-state index in [-0.39, 0.29) is 5.91 Å². The summed E-state index contributed by atoms with van der Waals surface area (Å²) in [7, 11) is 0. The molecule has 17 heavy (non-hydrogen) atoms. The number of likely N-dealkylation sites (tertiary alicyclic amines) is 1. The van der Waals surface area contributed by atoms with Crippen molar-refractivity contribution in [1.82, 2.24) is 4.90 Å². The van der Waals surface area contributed by atoms with E-state index in [1.807, 2.05) is 0 Å². The molecule has 0 saturated carbocycles. The van der Waals surface area contributed by atoms with Gasteiger partial charge in [0.15, 0.2) is 0 Å². The Hall–Kier alpha value is -1.14. The van der Waals surface area contributed by atoms with Crippen LogP contribution in [0.3, 0.4) is 0 Å². The first-order valence-corrected chi connectivity index (χ1v) is 6.07. The highest BCUT2D eigenvalue weighted by molar-refractivity contribution is 5.87. The zero-order chi connectivity index (χ0) is 12.8. The number of unbranched alkanes of at least 4 members (excludes halogenated alkanes) is 1. The molecule has 1 rings (SSSR count). The first-order chi connectivity index (χ1) is 8.07. The fourth-order valence-electron chi connectivity index (χ4n) is 2.13. The number of hydrogen-bond acceptors (Lipinski definition) is 4. The van der Waals surface area contributed by atoms with Crippen LogP contribution in [0.15, 0.2) is 0 Å². The first kappa shape index (κ1) is 13.9. The molecule has 6 nitrogen and oxygen atoms in total. The van der Waals surface area contributed by atoms with Crippen molar-refractivity contribution in [1.29, 1.82) is 0 Å². The molecule has 1 heterocycles. The Morgan fingerprint density at radius 3 is 2.71 bits per heavy atom. The first-order valence-electron chi connectivity index (χ1n) is 6.07. The zero-order valence-electron chi connectivity index (χ0n) is 9.97. The van der Waals surface area contributed by atoms with Gasteiger partial charge in [-0.1, -0.05) is 6.42 Å². The molecule has 0 aromatic carbocycles. The Kier molecular flexibility index (Phi) is 5.37. The summed E-state index contributed by atoms with van der Waals surface area (Å²) < 4.78 is 0. The number of nitrogens with two attached hydrogens (primary N) is 2. The number of aliphatic carboxylic acids is 1. The van der Waals surface area contributed by atoms with E-state index in [4.69, 9.17) is 16.6 Å². The van der Waals surface area contributed by atoms with Crippen LogP contribution in [0, 0.1) is 0 Å². The lowest BCUT2D eigenvalue weighted by Gasteiger charge is -2.24. The molecule has 0 spiro atoms. The summed E-state index contributed by atoms with van der Waals surface area (Å²) in [6.07, 6.45) is 3.46. The molecule has 1 fully saturated rings. The van der Waals surface area contributed by atoms with Crippen LogP contribution < -0.4 is 11.5 Å². The minimum atomic E-state index is -0.940. The molecule has 1 amide bonds. The third-order valence-corrected chi connectivity index (χ3v) is 3.11. The maximum atomic E-state index is 12.0. The third kappa shape index (κ3) is 3.67. The van der Waals surface area contributed by atoms with Gasteiger partial charge in [-0.05, 0) is 32.2 Å². The molecule has 0 bridgehead atoms. The van der Waals surface area contributed by atoms with Crippen molar-refractivity contribution in [2.45, 2.75) is 44.2 Å². The van der Waals surface area contributed by atoms with E-state index in [2.05, 4.69) is 0 Å². The highest BCUT2D eigenvalue weighted by Gasteiger charge is 2.35. The van der Waals surface area contributed by atoms with E-state index >= 15 is 0 Å². The van der Waals surface area contributed by atoms with Crippen LogP contribution in [0.25, 0.3) is 0 Å². The summed E-state index contributed by atoms with van der Waals surface area (Å²) in [4.78, 5) is 24.3. The summed E-state index contributed by atoms with van der Waals surface area (Å²) in [6, 6.07) is -1.29. The van der Waals surface area contributed by atoms with E-state index in [1.165, 1.54) is 4.90 Å². The monoisotopic (exact) mass is 243 g/mol. The van der Waals surface area contributed by atoms with Crippen molar-refractivity contribution < 1.29 is 14.7 Å². The van der Waals surface area contributed by atoms with Crippen LogP contribution in [-0.2, 0) is 9.59 Å². The second-order valence-corrected chi connectivity index (χ2v) is 4.42. The van der Waals surface area contributed by atoms with Crippen LogP contribution in [0.5, 0.6) is 0 Å². The predicted octanol–water partition coefficient (Wildman–Crippen LogP) is -0.482. The standard InChI is InChI=1S/C11H21N3O3/c12-6-2-1-4-8(13)10(15)14-7-3-5-9(14)11(16)17/h8-9H,1-7,12-13H2,(H,16,17)/t8?,9-/m1/s1. The minimum Gasteiger partial charge on any atom is -0.480 e. The topological polar surface area (TPSA) is 110 Å². The van der Waals surface area contributed by atoms with Crippen LogP contribution in [0.1, 0.15) is 32.1 Å². The van der Waals surface area contributed by atoms with Gasteiger partial charge in [-0.2, -0.15) is 0 Å². The summed E-state index contributed by atoms with van der Waals surface area (Å²) in [6.45, 7) is 1.09. The summed E-state index contributed by atoms with van der Waals surface area (Å²) in [5.41, 5.74) is 11.1. The SMILES string of the molecule is NCCCCC(N)C(=O)N1CCC[C@@H]1C(=O)O. The lowest BCUT2D eigenvalue weighted by Crippen LogP contribution is -2.48. The van der Waals surface area contributed by atoms with Crippen LogP contribution in [0.4, 0.5) is 0 Å². The summed E-state index contributed by atoms with van der Waals surface area (Å²) in [5, 5.41) is 8.98. The second-order valence-electron chi connectivity index (χ2n) is 4.42. The Labute approximate surface area is 101 Å². The molecule has 1 aliphatic heterocycles. The lowest BCUT2D eigenvalue weighted by atomic mass is 10.1. The lowest BCUT2D eigenvalue weighted by molar-refractivity contribution is -0.148. The molecule has 0 radical (unpaired) electrons. The molecule has 1 unspecified atom stereocenters. The molecule has 5 N–H and O–H groups in total. The van der Waals surface area contributed by atoms with Gasteiger partial charge in [-0.25, -0.2) is 4.79 Å². The molecule has 0 aromatic rings. The largest absolute Gasteiger partial charge is 0.480 e. The second kappa shape index (κ2) is 6.56. The van der Waals surface area contributed by atoms with E-state index < -0.39 is 18.1 Å². The van der Waals surface area contributed by atoms with Gasteiger partial charge in [0, 0.05) is 6.54 Å². The Morgan fingerprint density at radius 1 is 1.41 bits per heavy atom. The van der Waals surface area contributed by atoms with Gasteiger partial charge in [0.1, 0.15) is 6.04 Å². The molecular weight excluding hydrogens is 222 g/mol. The van der Waals surface area contributed by atoms with E-state index in [1.54, 1.807) is 0 Å². The Morgan fingerprint density at radius 2 is 2.12 bits per heavy atom. The number of amides is 1. The molecule has 6 heteroatoms. The molecular formula is C11H21N3O3. The fraction of sp³-hybridized carbons (Fsp3) is 0.818. The maximum absolute atomic E-state index is 12.0. The van der Waals surface area contributed by atoms with Crippen molar-refractivity contribution in [2.24, 2.45) is 11.5 Å². The van der Waals surface area contributed by atoms with Gasteiger partial charge in [-0.15, -0.1) is 0 Å². The molecule has 98 valence electrons. The van der Waals surface area contributed by atoms with Crippen LogP contribution in [0.2, 0.25) is 0 Å². The average molecular weight is 243 g/mol. The van der Waals surface area contributed by atoms with Crippen molar-refractivity contribution in [3.63, 3.8) is 0 Å². The number of carbonyl (C=O) groups is 2. The normalized spacial score (nSPS) is 21.5. The van der Waals surface area contributed by atoms with Crippen molar-refractivity contribution >= 4 is 11.9 Å². The maximum Gasteiger partial charge on any atom is 0.326 e. The predicted molar refractivity (Wildman–Crippen MR) is 63.3 cm³/mol. The van der Waals surface area contributed by atoms with Gasteiger partial charge < -0.3 is 21.5 Å². The fourth-order valence-corrected chi connectivity index (χ4v) is 2.13. The number of nitrogens with zero attached hydrogens (tertiary/aromatic N) is 1. The molecule has 1 saturated heterocycles. The van der Waals surface area contributed by atoms with E-state index in [0.29, 0.717) is 25.9 Å². The van der Waals surface area contributed by atoms with Gasteiger partial charge in [0.2, 0.25) is 5.91 Å². The van der Waals surface area contributed by atoms with Crippen LogP contribution in [-0.4, -0.2) is 47.1 Å². The van der Waals surface area contributed by atoms with E-state index in [0.717, 1.165) is 19.3 Å². The molecule has 0 aliphatic carbocycles. The highest BCUT2D eigenvalue weighted by Crippen LogP contribution is 2.19. The minimum absolute atomic E-state index is 0.244. The average Bonchev–Trinajstić information content (AvgIpc) is 2.77. The highest BCUT2D eigenvalue weighted by atomic mass is 16.4. The number of carboxylic acids is 1. The smallest absolute Gasteiger partial charge is 0.326 e. The van der Waals surface area contributed by atoms with Crippen molar-refractivity contribution in [3.8, 4) is 0 Å². The molecule has 0 aromatic heterocycles. The third-order valence-electron chi connectivity index (χ3n) is 3.11. The number of rotatable bonds is 6. The number of carboxylic acid groups (broad SMARTS) is 1. The van der Waals surface area contributed by atoms with E-state index in [9.17, 15) is 9.59 Å². The van der Waals surface area contributed by atoms with Crippen molar-refractivity contribution in [2.75, 3.05) is 13.1 Å². The van der Waals surface area contributed by atoms with Crippen molar-refractivity contribution in [3.05, 3.63) is 0 Å².